The number of hydrogen-bond acceptors (Lipinski definition) is 5. The number of rotatable bonds is 9. The van der Waals surface area contributed by atoms with Gasteiger partial charge in [-0.05, 0) is 17.2 Å². The van der Waals surface area contributed by atoms with Gasteiger partial charge in [-0.1, -0.05) is 72.4 Å². The zero-order chi connectivity index (χ0) is 20.2. The van der Waals surface area contributed by atoms with Crippen LogP contribution in [0, 0.1) is 0 Å². The van der Waals surface area contributed by atoms with Crippen molar-refractivity contribution >= 4 is 34.8 Å². The van der Waals surface area contributed by atoms with Gasteiger partial charge < -0.3 is 10.1 Å². The van der Waals surface area contributed by atoms with Gasteiger partial charge in [0.05, 0.1) is 6.42 Å². The Balaban J connectivity index is 1.84. The van der Waals surface area contributed by atoms with Gasteiger partial charge in [-0.3, -0.25) is 14.4 Å². The van der Waals surface area contributed by atoms with Gasteiger partial charge in [0.2, 0.25) is 5.91 Å². The number of ether oxygens (including phenoxy) is 1. The van der Waals surface area contributed by atoms with Crippen LogP contribution in [0.5, 0.6) is 0 Å². The summed E-state index contributed by atoms with van der Waals surface area (Å²) in [5.74, 6) is -0.404. The molecule has 2 aromatic rings. The van der Waals surface area contributed by atoms with Gasteiger partial charge in [0.1, 0.15) is 6.61 Å². The van der Waals surface area contributed by atoms with Gasteiger partial charge >= 0.3 is 5.97 Å². The molecule has 1 N–H and O–H groups in total. The van der Waals surface area contributed by atoms with Crippen LogP contribution in [0.2, 0.25) is 0 Å². The molecule has 0 aromatic heterocycles. The first kappa shape index (κ1) is 21.4. The molecule has 0 bridgehead atoms. The van der Waals surface area contributed by atoms with Gasteiger partial charge in [-0.25, -0.2) is 0 Å². The van der Waals surface area contributed by atoms with E-state index in [-0.39, 0.29) is 42.3 Å². The lowest BCUT2D eigenvalue weighted by molar-refractivity contribution is -0.144. The highest BCUT2D eigenvalue weighted by molar-refractivity contribution is 8.13. The van der Waals surface area contributed by atoms with Crippen molar-refractivity contribution in [3.05, 3.63) is 77.4 Å². The zero-order valence-electron chi connectivity index (χ0n) is 15.7. The number of hydrogen-bond donors (Lipinski definition) is 1. The van der Waals surface area contributed by atoms with Crippen LogP contribution in [0.3, 0.4) is 0 Å². The highest BCUT2D eigenvalue weighted by atomic mass is 32.2. The number of carbonyl (C=O) groups excluding carboxylic acids is 3. The van der Waals surface area contributed by atoms with Crippen LogP contribution < -0.4 is 5.32 Å². The molecule has 1 amide bonds. The summed E-state index contributed by atoms with van der Waals surface area (Å²) >= 11 is 1.07. The maximum absolute atomic E-state index is 12.5. The second kappa shape index (κ2) is 11.8. The highest BCUT2D eigenvalue weighted by Gasteiger charge is 2.12. The zero-order valence-corrected chi connectivity index (χ0v) is 16.5. The summed E-state index contributed by atoms with van der Waals surface area (Å²) in [5, 5.41) is 2.66. The van der Waals surface area contributed by atoms with Crippen molar-refractivity contribution in [1.29, 1.82) is 0 Å². The number of carbonyl (C=O) groups is 3. The Hall–Kier alpha value is -2.86. The van der Waals surface area contributed by atoms with E-state index < -0.39 is 0 Å². The molecule has 0 heterocycles. The normalized spacial score (nSPS) is 11.0. The van der Waals surface area contributed by atoms with E-state index in [1.807, 2.05) is 60.7 Å². The Morgan fingerprint density at radius 3 is 2.29 bits per heavy atom. The Labute approximate surface area is 169 Å². The Morgan fingerprint density at radius 1 is 1.00 bits per heavy atom. The minimum absolute atomic E-state index is 0.0590. The number of amides is 1. The minimum atomic E-state index is -0.379. The molecule has 146 valence electrons. The summed E-state index contributed by atoms with van der Waals surface area (Å²) in [5.41, 5.74) is 2.26. The fourth-order valence-corrected chi connectivity index (χ4v) is 2.88. The monoisotopic (exact) mass is 397 g/mol. The van der Waals surface area contributed by atoms with Gasteiger partial charge in [-0.15, -0.1) is 0 Å². The summed E-state index contributed by atoms with van der Waals surface area (Å²) in [7, 11) is 0. The number of esters is 1. The van der Waals surface area contributed by atoms with E-state index in [2.05, 4.69) is 5.32 Å². The van der Waals surface area contributed by atoms with Crippen LogP contribution >= 0.6 is 11.8 Å². The second-order valence-corrected chi connectivity index (χ2v) is 7.16. The smallest absolute Gasteiger partial charge is 0.307 e. The predicted molar refractivity (Wildman–Crippen MR) is 111 cm³/mol. The molecule has 5 nitrogen and oxygen atoms in total. The van der Waals surface area contributed by atoms with E-state index in [0.717, 1.165) is 22.9 Å². The van der Waals surface area contributed by atoms with E-state index >= 15 is 0 Å². The van der Waals surface area contributed by atoms with Gasteiger partial charge in [-0.2, -0.15) is 0 Å². The van der Waals surface area contributed by atoms with Crippen LogP contribution in [0.25, 0.3) is 6.08 Å². The molecule has 0 radical (unpaired) electrons. The van der Waals surface area contributed by atoms with Crippen LogP contribution in [0.4, 0.5) is 0 Å². The molecular formula is C22H23NO4S. The van der Waals surface area contributed by atoms with E-state index in [1.54, 1.807) is 6.08 Å². The van der Waals surface area contributed by atoms with Crippen molar-refractivity contribution < 1.29 is 19.1 Å². The summed E-state index contributed by atoms with van der Waals surface area (Å²) in [4.78, 5) is 35.6. The van der Waals surface area contributed by atoms with Crippen molar-refractivity contribution in [3.63, 3.8) is 0 Å². The Morgan fingerprint density at radius 2 is 1.64 bits per heavy atom. The largest absolute Gasteiger partial charge is 0.461 e. The van der Waals surface area contributed by atoms with Crippen LogP contribution in [-0.2, 0) is 25.7 Å². The first-order valence-electron chi connectivity index (χ1n) is 8.91. The topological polar surface area (TPSA) is 72.5 Å². The molecule has 2 rings (SSSR count). The van der Waals surface area contributed by atoms with Gasteiger partial charge in [0.15, 0.2) is 5.12 Å². The SMILES string of the molecule is CC(=O)SCC(=Cc1ccccc1)C(=O)NCCC(=O)OCc1ccccc1. The summed E-state index contributed by atoms with van der Waals surface area (Å²) in [6, 6.07) is 18.8. The number of thioether (sulfide) groups is 1. The summed E-state index contributed by atoms with van der Waals surface area (Å²) < 4.78 is 5.19. The summed E-state index contributed by atoms with van der Waals surface area (Å²) in [6.45, 7) is 1.84. The predicted octanol–water partition coefficient (Wildman–Crippen LogP) is 3.60. The van der Waals surface area contributed by atoms with Crippen LogP contribution in [-0.4, -0.2) is 29.3 Å². The number of nitrogens with one attached hydrogen (secondary N) is 1. The molecule has 0 unspecified atom stereocenters. The average Bonchev–Trinajstić information content (AvgIpc) is 2.71. The first-order valence-corrected chi connectivity index (χ1v) is 9.90. The second-order valence-electron chi connectivity index (χ2n) is 6.01. The first-order chi connectivity index (χ1) is 13.5. The van der Waals surface area contributed by atoms with Gasteiger partial charge in [0, 0.05) is 24.8 Å². The maximum Gasteiger partial charge on any atom is 0.307 e. The number of benzene rings is 2. The van der Waals surface area contributed by atoms with E-state index in [0.29, 0.717) is 5.57 Å². The van der Waals surface area contributed by atoms with Crippen molar-refractivity contribution in [1.82, 2.24) is 5.32 Å². The molecule has 0 aliphatic carbocycles. The highest BCUT2D eigenvalue weighted by Crippen LogP contribution is 2.13. The lowest BCUT2D eigenvalue weighted by Crippen LogP contribution is -2.28. The molecule has 28 heavy (non-hydrogen) atoms. The fraction of sp³-hybridized carbons (Fsp3) is 0.227. The molecule has 0 spiro atoms. The van der Waals surface area contributed by atoms with Crippen molar-refractivity contribution in [2.24, 2.45) is 0 Å². The van der Waals surface area contributed by atoms with Crippen LogP contribution in [0.15, 0.2) is 66.2 Å². The molecular weight excluding hydrogens is 374 g/mol. The fourth-order valence-electron chi connectivity index (χ4n) is 2.30. The molecule has 6 heteroatoms. The third kappa shape index (κ3) is 8.22. The standard InChI is InChI=1S/C22H23NO4S/c1-17(24)28-16-20(14-18-8-4-2-5-9-18)22(26)23-13-12-21(25)27-15-19-10-6-3-7-11-19/h2-11,14H,12-13,15-16H2,1H3,(H,23,26). The Bertz CT molecular complexity index is 819. The lowest BCUT2D eigenvalue weighted by atomic mass is 10.1. The van der Waals surface area contributed by atoms with Crippen molar-refractivity contribution in [3.8, 4) is 0 Å². The third-order valence-corrected chi connectivity index (χ3v) is 4.58. The lowest BCUT2D eigenvalue weighted by Gasteiger charge is -2.09. The third-order valence-electron chi connectivity index (χ3n) is 3.72. The molecule has 0 atom stereocenters. The molecule has 0 aliphatic rings. The van der Waals surface area contributed by atoms with Gasteiger partial charge in [0.25, 0.3) is 0 Å². The molecule has 0 saturated heterocycles. The quantitative estimate of drug-likeness (QED) is 0.517. The Kier molecular flexibility index (Phi) is 9.01. The van der Waals surface area contributed by atoms with Crippen molar-refractivity contribution in [2.45, 2.75) is 20.0 Å². The molecule has 0 saturated carbocycles. The van der Waals surface area contributed by atoms with Crippen molar-refractivity contribution in [2.75, 3.05) is 12.3 Å². The molecule has 0 aliphatic heterocycles. The van der Waals surface area contributed by atoms with E-state index in [4.69, 9.17) is 4.74 Å². The van der Waals surface area contributed by atoms with E-state index in [1.165, 1.54) is 6.92 Å². The molecule has 2 aromatic carbocycles. The average molecular weight is 397 g/mol. The maximum atomic E-state index is 12.5. The molecule has 0 fully saturated rings. The minimum Gasteiger partial charge on any atom is -0.461 e. The van der Waals surface area contributed by atoms with Crippen LogP contribution in [0.1, 0.15) is 24.5 Å². The van der Waals surface area contributed by atoms with E-state index in [9.17, 15) is 14.4 Å². The summed E-state index contributed by atoms with van der Waals surface area (Å²) in [6.07, 6.45) is 1.83.